The predicted molar refractivity (Wildman–Crippen MR) is 62.4 cm³/mol. The van der Waals surface area contributed by atoms with Crippen molar-refractivity contribution in [2.24, 2.45) is 0 Å². The summed E-state index contributed by atoms with van der Waals surface area (Å²) >= 11 is 0. The smallest absolute Gasteiger partial charge is 0.0971 e. The highest BCUT2D eigenvalue weighted by Gasteiger charge is 2.04. The summed E-state index contributed by atoms with van der Waals surface area (Å²) in [6.07, 6.45) is 1.00. The van der Waals surface area contributed by atoms with Crippen LogP contribution in [-0.4, -0.2) is 5.11 Å². The van der Waals surface area contributed by atoms with Crippen molar-refractivity contribution in [3.63, 3.8) is 0 Å². The molecule has 0 heterocycles. The zero-order valence-electron chi connectivity index (χ0n) is 9.54. The molecule has 1 nitrogen and oxygen atoms in total. The van der Waals surface area contributed by atoms with Gasteiger partial charge in [0.25, 0.3) is 0 Å². The van der Waals surface area contributed by atoms with Crippen LogP contribution in [0, 0.1) is 13.8 Å². The third kappa shape index (κ3) is 3.35. The SMILES string of the molecule is C=CC(O)c1ccc(C)cc1C.CC. The van der Waals surface area contributed by atoms with E-state index in [9.17, 15) is 5.11 Å². The molecule has 0 spiro atoms. The number of aryl methyl sites for hydroxylation is 2. The van der Waals surface area contributed by atoms with Crippen LogP contribution in [-0.2, 0) is 0 Å². The topological polar surface area (TPSA) is 20.2 Å². The van der Waals surface area contributed by atoms with Crippen LogP contribution in [0.3, 0.4) is 0 Å². The van der Waals surface area contributed by atoms with Gasteiger partial charge in [-0.15, -0.1) is 6.58 Å². The number of benzene rings is 1. The molecule has 0 amide bonds. The van der Waals surface area contributed by atoms with Crippen molar-refractivity contribution < 1.29 is 5.11 Å². The minimum Gasteiger partial charge on any atom is -0.384 e. The lowest BCUT2D eigenvalue weighted by molar-refractivity contribution is 0.228. The second-order valence-electron chi connectivity index (χ2n) is 3.04. The molecule has 1 heteroatoms. The van der Waals surface area contributed by atoms with E-state index in [-0.39, 0.29) is 0 Å². The highest BCUT2D eigenvalue weighted by molar-refractivity contribution is 5.33. The molecule has 0 aliphatic heterocycles. The molecule has 1 aromatic rings. The van der Waals surface area contributed by atoms with Gasteiger partial charge >= 0.3 is 0 Å². The maximum atomic E-state index is 9.48. The monoisotopic (exact) mass is 192 g/mol. The second-order valence-corrected chi connectivity index (χ2v) is 3.04. The second kappa shape index (κ2) is 6.39. The summed E-state index contributed by atoms with van der Waals surface area (Å²) in [5.74, 6) is 0. The molecule has 78 valence electrons. The van der Waals surface area contributed by atoms with Crippen molar-refractivity contribution in [2.75, 3.05) is 0 Å². The van der Waals surface area contributed by atoms with Crippen molar-refractivity contribution in [1.82, 2.24) is 0 Å². The molecule has 0 aromatic heterocycles. The Morgan fingerprint density at radius 1 is 1.29 bits per heavy atom. The van der Waals surface area contributed by atoms with E-state index in [0.717, 1.165) is 11.1 Å². The lowest BCUT2D eigenvalue weighted by Gasteiger charge is -2.09. The lowest BCUT2D eigenvalue weighted by atomic mass is 10.0. The molecule has 1 atom stereocenters. The summed E-state index contributed by atoms with van der Waals surface area (Å²) in [6, 6.07) is 5.99. The van der Waals surface area contributed by atoms with E-state index in [1.807, 2.05) is 39.8 Å². The zero-order chi connectivity index (χ0) is 11.1. The van der Waals surface area contributed by atoms with E-state index < -0.39 is 6.10 Å². The van der Waals surface area contributed by atoms with E-state index in [0.29, 0.717) is 0 Å². The zero-order valence-corrected chi connectivity index (χ0v) is 9.54. The largest absolute Gasteiger partial charge is 0.384 e. The standard InChI is InChI=1S/C11H14O.C2H6/c1-4-11(12)10-6-5-8(2)7-9(10)3;1-2/h4-7,11-12H,1H2,2-3H3;1-2H3. The van der Waals surface area contributed by atoms with Crippen LogP contribution in [0.4, 0.5) is 0 Å². The first-order chi connectivity index (χ1) is 6.65. The lowest BCUT2D eigenvalue weighted by Crippen LogP contribution is -1.95. The van der Waals surface area contributed by atoms with Gasteiger partial charge in [0.05, 0.1) is 6.10 Å². The molecule has 0 fully saturated rings. The molecule has 0 aliphatic rings. The highest BCUT2D eigenvalue weighted by Crippen LogP contribution is 2.18. The molecule has 0 bridgehead atoms. The first kappa shape index (κ1) is 12.9. The third-order valence-corrected chi connectivity index (χ3v) is 1.97. The van der Waals surface area contributed by atoms with Crippen molar-refractivity contribution in [3.8, 4) is 0 Å². The van der Waals surface area contributed by atoms with Crippen LogP contribution in [0.5, 0.6) is 0 Å². The fraction of sp³-hybridized carbons (Fsp3) is 0.385. The molecule has 14 heavy (non-hydrogen) atoms. The van der Waals surface area contributed by atoms with Crippen LogP contribution >= 0.6 is 0 Å². The number of hydrogen-bond donors (Lipinski definition) is 1. The Hall–Kier alpha value is -1.08. The van der Waals surface area contributed by atoms with Crippen molar-refractivity contribution >= 4 is 0 Å². The normalized spacial score (nSPS) is 11.2. The van der Waals surface area contributed by atoms with Crippen molar-refractivity contribution in [3.05, 3.63) is 47.5 Å². The van der Waals surface area contributed by atoms with Gasteiger partial charge in [-0.3, -0.25) is 0 Å². The van der Waals surface area contributed by atoms with Crippen molar-refractivity contribution in [2.45, 2.75) is 33.8 Å². The molecule has 0 saturated heterocycles. The fourth-order valence-corrected chi connectivity index (χ4v) is 1.28. The van der Waals surface area contributed by atoms with Gasteiger partial charge in [0.1, 0.15) is 0 Å². The van der Waals surface area contributed by atoms with Crippen LogP contribution in [0.25, 0.3) is 0 Å². The summed E-state index contributed by atoms with van der Waals surface area (Å²) in [4.78, 5) is 0. The maximum Gasteiger partial charge on any atom is 0.0971 e. The van der Waals surface area contributed by atoms with Crippen LogP contribution in [0.15, 0.2) is 30.9 Å². The van der Waals surface area contributed by atoms with Gasteiger partial charge in [0.15, 0.2) is 0 Å². The minimum absolute atomic E-state index is 0.536. The molecular weight excluding hydrogens is 172 g/mol. The van der Waals surface area contributed by atoms with Gasteiger partial charge in [0, 0.05) is 0 Å². The van der Waals surface area contributed by atoms with Gasteiger partial charge in [-0.2, -0.15) is 0 Å². The Labute approximate surface area is 87.1 Å². The first-order valence-electron chi connectivity index (χ1n) is 5.03. The van der Waals surface area contributed by atoms with Crippen molar-refractivity contribution in [1.29, 1.82) is 0 Å². The van der Waals surface area contributed by atoms with Crippen LogP contribution in [0.2, 0.25) is 0 Å². The fourth-order valence-electron chi connectivity index (χ4n) is 1.28. The Bertz CT molecular complexity index is 289. The van der Waals surface area contributed by atoms with Gasteiger partial charge in [-0.1, -0.05) is 43.7 Å². The highest BCUT2D eigenvalue weighted by atomic mass is 16.3. The Kier molecular flexibility index (Phi) is 5.89. The summed E-state index contributed by atoms with van der Waals surface area (Å²) in [5.41, 5.74) is 3.27. The summed E-state index contributed by atoms with van der Waals surface area (Å²) in [7, 11) is 0. The summed E-state index contributed by atoms with van der Waals surface area (Å²) < 4.78 is 0. The number of aliphatic hydroxyl groups excluding tert-OH is 1. The Morgan fingerprint density at radius 3 is 2.29 bits per heavy atom. The Morgan fingerprint density at radius 2 is 1.86 bits per heavy atom. The van der Waals surface area contributed by atoms with Gasteiger partial charge in [-0.25, -0.2) is 0 Å². The molecule has 1 rings (SSSR count). The Balaban J connectivity index is 0.000000791. The van der Waals surface area contributed by atoms with Gasteiger partial charge < -0.3 is 5.11 Å². The molecule has 1 N–H and O–H groups in total. The van der Waals surface area contributed by atoms with Gasteiger partial charge in [0.2, 0.25) is 0 Å². The number of aliphatic hydroxyl groups is 1. The predicted octanol–water partition coefficient (Wildman–Crippen LogP) is 3.55. The van der Waals surface area contributed by atoms with E-state index in [2.05, 4.69) is 12.6 Å². The quantitative estimate of drug-likeness (QED) is 0.710. The number of rotatable bonds is 2. The molecule has 0 saturated carbocycles. The van der Waals surface area contributed by atoms with Gasteiger partial charge in [-0.05, 0) is 25.0 Å². The third-order valence-electron chi connectivity index (χ3n) is 1.97. The van der Waals surface area contributed by atoms with E-state index in [4.69, 9.17) is 0 Å². The molecular formula is C13H20O. The summed E-state index contributed by atoms with van der Waals surface area (Å²) in [6.45, 7) is 11.6. The summed E-state index contributed by atoms with van der Waals surface area (Å²) in [5, 5.41) is 9.48. The van der Waals surface area contributed by atoms with E-state index >= 15 is 0 Å². The first-order valence-corrected chi connectivity index (χ1v) is 5.03. The number of hydrogen-bond acceptors (Lipinski definition) is 1. The average Bonchev–Trinajstić information content (AvgIpc) is 2.20. The molecule has 1 aromatic carbocycles. The molecule has 0 aliphatic carbocycles. The average molecular weight is 192 g/mol. The van der Waals surface area contributed by atoms with Crippen LogP contribution < -0.4 is 0 Å². The molecule has 0 radical (unpaired) electrons. The van der Waals surface area contributed by atoms with E-state index in [1.165, 1.54) is 11.6 Å². The maximum absolute atomic E-state index is 9.48. The molecule has 1 unspecified atom stereocenters. The van der Waals surface area contributed by atoms with Crippen LogP contribution in [0.1, 0.15) is 36.6 Å². The van der Waals surface area contributed by atoms with E-state index in [1.54, 1.807) is 0 Å². The minimum atomic E-state index is -0.536.